The van der Waals surface area contributed by atoms with Crippen LogP contribution in [0.15, 0.2) is 18.2 Å². The summed E-state index contributed by atoms with van der Waals surface area (Å²) in [5.74, 6) is 1.27. The van der Waals surface area contributed by atoms with Crippen LogP contribution in [0.3, 0.4) is 0 Å². The van der Waals surface area contributed by atoms with Crippen molar-refractivity contribution in [1.29, 1.82) is 0 Å². The molecule has 17 heavy (non-hydrogen) atoms. The first-order valence-corrected chi connectivity index (χ1v) is 5.60. The van der Waals surface area contributed by atoms with Crippen molar-refractivity contribution in [2.45, 2.75) is 26.1 Å². The predicted molar refractivity (Wildman–Crippen MR) is 65.6 cm³/mol. The molecule has 0 spiro atoms. The molecule has 1 rings (SSSR count). The summed E-state index contributed by atoms with van der Waals surface area (Å²) in [6, 6.07) is 5.40. The number of benzene rings is 1. The van der Waals surface area contributed by atoms with Crippen LogP contribution in [-0.2, 0) is 4.74 Å². The molecule has 0 bridgehead atoms. The Balaban J connectivity index is 2.85. The SMILES string of the molecule is COCC(C)Oc1ccc([C@H](C)O)cc1OC. The molecule has 0 fully saturated rings. The zero-order chi connectivity index (χ0) is 12.8. The predicted octanol–water partition coefficient (Wildman–Crippen LogP) is 2.16. The van der Waals surface area contributed by atoms with Crippen molar-refractivity contribution >= 4 is 0 Å². The van der Waals surface area contributed by atoms with Crippen LogP contribution in [0.2, 0.25) is 0 Å². The monoisotopic (exact) mass is 240 g/mol. The Morgan fingerprint density at radius 3 is 2.41 bits per heavy atom. The molecule has 4 heteroatoms. The highest BCUT2D eigenvalue weighted by molar-refractivity contribution is 5.43. The lowest BCUT2D eigenvalue weighted by molar-refractivity contribution is 0.0899. The maximum Gasteiger partial charge on any atom is 0.161 e. The Bertz CT molecular complexity index is 349. The maximum absolute atomic E-state index is 9.48. The first kappa shape index (κ1) is 13.8. The first-order valence-electron chi connectivity index (χ1n) is 5.60. The van der Waals surface area contributed by atoms with E-state index in [1.54, 1.807) is 33.3 Å². The summed E-state index contributed by atoms with van der Waals surface area (Å²) in [6.07, 6.45) is -0.569. The smallest absolute Gasteiger partial charge is 0.161 e. The molecule has 0 aliphatic carbocycles. The van der Waals surface area contributed by atoms with Crippen molar-refractivity contribution in [1.82, 2.24) is 0 Å². The van der Waals surface area contributed by atoms with Crippen LogP contribution in [0.4, 0.5) is 0 Å². The average Bonchev–Trinajstić information content (AvgIpc) is 2.29. The highest BCUT2D eigenvalue weighted by atomic mass is 16.5. The van der Waals surface area contributed by atoms with Gasteiger partial charge in [-0.15, -0.1) is 0 Å². The van der Waals surface area contributed by atoms with Crippen LogP contribution in [0, 0.1) is 0 Å². The highest BCUT2D eigenvalue weighted by Crippen LogP contribution is 2.30. The minimum atomic E-state index is -0.519. The van der Waals surface area contributed by atoms with E-state index in [0.717, 1.165) is 5.56 Å². The number of aliphatic hydroxyl groups is 1. The molecule has 0 aliphatic heterocycles. The number of ether oxygens (including phenoxy) is 3. The number of hydrogen-bond donors (Lipinski definition) is 1. The lowest BCUT2D eigenvalue weighted by Gasteiger charge is -2.17. The Morgan fingerprint density at radius 1 is 1.18 bits per heavy atom. The third-order valence-corrected chi connectivity index (χ3v) is 2.40. The van der Waals surface area contributed by atoms with Gasteiger partial charge in [0, 0.05) is 7.11 Å². The van der Waals surface area contributed by atoms with Crippen molar-refractivity contribution in [2.24, 2.45) is 0 Å². The lowest BCUT2D eigenvalue weighted by atomic mass is 10.1. The molecule has 1 aromatic rings. The van der Waals surface area contributed by atoms with Gasteiger partial charge in [0.05, 0.1) is 19.8 Å². The molecule has 0 saturated heterocycles. The van der Waals surface area contributed by atoms with E-state index in [-0.39, 0.29) is 6.10 Å². The van der Waals surface area contributed by atoms with E-state index in [2.05, 4.69) is 0 Å². The Morgan fingerprint density at radius 2 is 1.88 bits per heavy atom. The standard InChI is InChI=1S/C13H20O4/c1-9(8-15-3)17-12-6-5-11(10(2)14)7-13(12)16-4/h5-7,9-10,14H,8H2,1-4H3/t9?,10-/m0/s1. The quantitative estimate of drug-likeness (QED) is 0.827. The second-order valence-corrected chi connectivity index (χ2v) is 3.97. The summed E-state index contributed by atoms with van der Waals surface area (Å²) < 4.78 is 15.9. The molecular formula is C13H20O4. The topological polar surface area (TPSA) is 47.9 Å². The number of aliphatic hydroxyl groups excluding tert-OH is 1. The minimum Gasteiger partial charge on any atom is -0.493 e. The number of rotatable bonds is 6. The zero-order valence-electron chi connectivity index (χ0n) is 10.8. The molecule has 0 radical (unpaired) electrons. The van der Waals surface area contributed by atoms with E-state index in [4.69, 9.17) is 14.2 Å². The molecule has 1 N–H and O–H groups in total. The van der Waals surface area contributed by atoms with Crippen molar-refractivity contribution in [3.63, 3.8) is 0 Å². The largest absolute Gasteiger partial charge is 0.493 e. The Labute approximate surface area is 102 Å². The molecule has 0 amide bonds. The summed E-state index contributed by atoms with van der Waals surface area (Å²) >= 11 is 0. The van der Waals surface area contributed by atoms with Crippen LogP contribution in [0.1, 0.15) is 25.5 Å². The highest BCUT2D eigenvalue weighted by Gasteiger charge is 2.11. The molecule has 0 aliphatic rings. The normalized spacial score (nSPS) is 14.2. The molecule has 0 saturated carbocycles. The van der Waals surface area contributed by atoms with Crippen molar-refractivity contribution in [2.75, 3.05) is 20.8 Å². The van der Waals surface area contributed by atoms with Crippen molar-refractivity contribution in [3.8, 4) is 11.5 Å². The summed E-state index contributed by atoms with van der Waals surface area (Å²) in [7, 11) is 3.21. The molecular weight excluding hydrogens is 220 g/mol. The van der Waals surface area contributed by atoms with E-state index >= 15 is 0 Å². The fourth-order valence-electron chi connectivity index (χ4n) is 1.53. The molecule has 2 atom stereocenters. The minimum absolute atomic E-state index is 0.0497. The van der Waals surface area contributed by atoms with Crippen LogP contribution < -0.4 is 9.47 Å². The van der Waals surface area contributed by atoms with Gasteiger partial charge in [-0.3, -0.25) is 0 Å². The second kappa shape index (κ2) is 6.47. The Kier molecular flexibility index (Phi) is 5.25. The third kappa shape index (κ3) is 3.91. The van der Waals surface area contributed by atoms with Crippen molar-refractivity contribution < 1.29 is 19.3 Å². The fourth-order valence-corrected chi connectivity index (χ4v) is 1.53. The molecule has 0 heterocycles. The number of methoxy groups -OCH3 is 2. The molecule has 1 aromatic carbocycles. The average molecular weight is 240 g/mol. The molecule has 1 unspecified atom stereocenters. The van der Waals surface area contributed by atoms with E-state index in [0.29, 0.717) is 18.1 Å². The van der Waals surface area contributed by atoms with Gasteiger partial charge in [-0.25, -0.2) is 0 Å². The summed E-state index contributed by atoms with van der Waals surface area (Å²) in [6.45, 7) is 4.15. The second-order valence-electron chi connectivity index (χ2n) is 3.97. The van der Waals surface area contributed by atoms with Crippen LogP contribution in [-0.4, -0.2) is 32.0 Å². The van der Waals surface area contributed by atoms with E-state index in [1.807, 2.05) is 13.0 Å². The zero-order valence-corrected chi connectivity index (χ0v) is 10.8. The summed E-state index contributed by atoms with van der Waals surface area (Å²) in [5.41, 5.74) is 0.800. The van der Waals surface area contributed by atoms with E-state index < -0.39 is 6.10 Å². The molecule has 0 aromatic heterocycles. The summed E-state index contributed by atoms with van der Waals surface area (Å²) in [5, 5.41) is 9.48. The van der Waals surface area contributed by atoms with Gasteiger partial charge < -0.3 is 19.3 Å². The van der Waals surface area contributed by atoms with Gasteiger partial charge >= 0.3 is 0 Å². The van der Waals surface area contributed by atoms with E-state index in [9.17, 15) is 5.11 Å². The van der Waals surface area contributed by atoms with Gasteiger partial charge in [0.15, 0.2) is 11.5 Å². The lowest BCUT2D eigenvalue weighted by Crippen LogP contribution is -2.18. The van der Waals surface area contributed by atoms with Crippen LogP contribution in [0.25, 0.3) is 0 Å². The number of hydrogen-bond acceptors (Lipinski definition) is 4. The summed E-state index contributed by atoms with van der Waals surface area (Å²) in [4.78, 5) is 0. The maximum atomic E-state index is 9.48. The van der Waals surface area contributed by atoms with E-state index in [1.165, 1.54) is 0 Å². The van der Waals surface area contributed by atoms with Gasteiger partial charge in [0.2, 0.25) is 0 Å². The van der Waals surface area contributed by atoms with Crippen molar-refractivity contribution in [3.05, 3.63) is 23.8 Å². The van der Waals surface area contributed by atoms with Gasteiger partial charge in [0.1, 0.15) is 6.10 Å². The van der Waals surface area contributed by atoms with Gasteiger partial charge in [-0.2, -0.15) is 0 Å². The van der Waals surface area contributed by atoms with Crippen LogP contribution >= 0.6 is 0 Å². The van der Waals surface area contributed by atoms with Crippen LogP contribution in [0.5, 0.6) is 11.5 Å². The van der Waals surface area contributed by atoms with Gasteiger partial charge in [-0.1, -0.05) is 6.07 Å². The fraction of sp³-hybridized carbons (Fsp3) is 0.538. The van der Waals surface area contributed by atoms with Gasteiger partial charge in [0.25, 0.3) is 0 Å². The first-order chi connectivity index (χ1) is 8.08. The molecule has 96 valence electrons. The third-order valence-electron chi connectivity index (χ3n) is 2.40. The molecule has 4 nitrogen and oxygen atoms in total. The Hall–Kier alpha value is -1.26. The van der Waals surface area contributed by atoms with Gasteiger partial charge in [-0.05, 0) is 31.5 Å².